The van der Waals surface area contributed by atoms with E-state index in [9.17, 15) is 10.1 Å². The second kappa shape index (κ2) is 5.30. The third-order valence-corrected chi connectivity index (χ3v) is 4.48. The number of nitro benzene ring substituents is 1. The first kappa shape index (κ1) is 13.2. The topological polar surface area (TPSA) is 67.2 Å². The Morgan fingerprint density at radius 3 is 2.95 bits per heavy atom. The predicted molar refractivity (Wildman–Crippen MR) is 81.9 cm³/mol. The summed E-state index contributed by atoms with van der Waals surface area (Å²) in [5.41, 5.74) is 2.70. The van der Waals surface area contributed by atoms with Gasteiger partial charge in [-0.05, 0) is 24.6 Å². The molecular weight excluding hydrogens is 298 g/mol. The summed E-state index contributed by atoms with van der Waals surface area (Å²) in [5, 5.41) is 17.6. The maximum Gasteiger partial charge on any atom is 0.292 e. The maximum atomic E-state index is 11.2. The fourth-order valence-corrected chi connectivity index (χ4v) is 3.38. The second-order valence-electron chi connectivity index (χ2n) is 4.48. The van der Waals surface area contributed by atoms with Gasteiger partial charge in [-0.15, -0.1) is 11.3 Å². The van der Waals surface area contributed by atoms with E-state index in [2.05, 4.69) is 10.6 Å². The van der Waals surface area contributed by atoms with E-state index in [0.29, 0.717) is 12.2 Å². The molecule has 0 unspecified atom stereocenters. The number of benzene rings is 1. The molecule has 0 atom stereocenters. The summed E-state index contributed by atoms with van der Waals surface area (Å²) >= 11 is 7.36. The van der Waals surface area contributed by atoms with Gasteiger partial charge in [0.1, 0.15) is 5.69 Å². The first-order valence-corrected chi connectivity index (χ1v) is 7.37. The molecule has 3 rings (SSSR count). The lowest BCUT2D eigenvalue weighted by Crippen LogP contribution is -2.04. The Morgan fingerprint density at radius 1 is 1.40 bits per heavy atom. The van der Waals surface area contributed by atoms with Crippen molar-refractivity contribution in [2.24, 2.45) is 0 Å². The first-order valence-electron chi connectivity index (χ1n) is 6.17. The molecule has 0 saturated heterocycles. The molecule has 0 saturated carbocycles. The fraction of sp³-hybridized carbons (Fsp3) is 0.231. The molecule has 104 valence electrons. The summed E-state index contributed by atoms with van der Waals surface area (Å²) in [5.74, 6) is 0. The van der Waals surface area contributed by atoms with E-state index in [1.54, 1.807) is 12.1 Å². The second-order valence-corrected chi connectivity index (χ2v) is 6.28. The van der Waals surface area contributed by atoms with Crippen LogP contribution in [0.15, 0.2) is 24.3 Å². The zero-order chi connectivity index (χ0) is 14.1. The Kier molecular flexibility index (Phi) is 3.50. The largest absolute Gasteiger partial charge is 0.384 e. The van der Waals surface area contributed by atoms with Gasteiger partial charge in [-0.2, -0.15) is 0 Å². The molecule has 20 heavy (non-hydrogen) atoms. The van der Waals surface area contributed by atoms with Gasteiger partial charge in [0.2, 0.25) is 0 Å². The van der Waals surface area contributed by atoms with Gasteiger partial charge in [-0.3, -0.25) is 10.1 Å². The van der Waals surface area contributed by atoms with Gasteiger partial charge >= 0.3 is 0 Å². The quantitative estimate of drug-likeness (QED) is 0.664. The molecule has 5 nitrogen and oxygen atoms in total. The highest BCUT2D eigenvalue weighted by Gasteiger charge is 2.23. The third-order valence-electron chi connectivity index (χ3n) is 3.25. The van der Waals surface area contributed by atoms with Gasteiger partial charge in [0.25, 0.3) is 5.69 Å². The van der Waals surface area contributed by atoms with Gasteiger partial charge in [0.05, 0.1) is 9.26 Å². The Bertz CT molecular complexity index is 672. The Labute approximate surface area is 124 Å². The van der Waals surface area contributed by atoms with E-state index in [1.807, 2.05) is 12.1 Å². The summed E-state index contributed by atoms with van der Waals surface area (Å²) in [6.07, 6.45) is 0.796. The molecule has 0 aliphatic carbocycles. The number of halogens is 1. The zero-order valence-electron chi connectivity index (χ0n) is 10.5. The van der Waals surface area contributed by atoms with E-state index in [-0.39, 0.29) is 10.6 Å². The van der Waals surface area contributed by atoms with Crippen LogP contribution in [-0.2, 0) is 13.0 Å². The lowest BCUT2D eigenvalue weighted by molar-refractivity contribution is -0.384. The average Bonchev–Trinajstić information content (AvgIpc) is 3.04. The van der Waals surface area contributed by atoms with E-state index < -0.39 is 0 Å². The van der Waals surface area contributed by atoms with Gasteiger partial charge in [0.15, 0.2) is 0 Å². The van der Waals surface area contributed by atoms with Crippen LogP contribution in [-0.4, -0.2) is 11.5 Å². The molecule has 2 aromatic rings. The van der Waals surface area contributed by atoms with Gasteiger partial charge in [0, 0.05) is 35.3 Å². The lowest BCUT2D eigenvalue weighted by Gasteiger charge is -2.10. The minimum atomic E-state index is -0.345. The third kappa shape index (κ3) is 2.44. The molecule has 2 N–H and O–H groups in total. The van der Waals surface area contributed by atoms with E-state index in [1.165, 1.54) is 11.3 Å². The van der Waals surface area contributed by atoms with Crippen LogP contribution in [0, 0.1) is 10.1 Å². The average molecular weight is 310 g/mol. The summed E-state index contributed by atoms with van der Waals surface area (Å²) in [6.45, 7) is 1.35. The van der Waals surface area contributed by atoms with E-state index in [0.717, 1.165) is 33.4 Å². The van der Waals surface area contributed by atoms with Crippen molar-refractivity contribution < 1.29 is 4.92 Å². The number of nitro groups is 1. The predicted octanol–water partition coefficient (Wildman–Crippen LogP) is 3.89. The molecule has 0 fully saturated rings. The van der Waals surface area contributed by atoms with E-state index >= 15 is 0 Å². The maximum absolute atomic E-state index is 11.2. The number of nitrogens with one attached hydrogen (secondary N) is 2. The van der Waals surface area contributed by atoms with Crippen molar-refractivity contribution in [2.45, 2.75) is 13.0 Å². The van der Waals surface area contributed by atoms with Crippen LogP contribution in [0.1, 0.15) is 10.4 Å². The Balaban J connectivity index is 1.91. The van der Waals surface area contributed by atoms with Crippen molar-refractivity contribution >= 4 is 40.0 Å². The minimum absolute atomic E-state index is 0.120. The Hall–Kier alpha value is -1.79. The standard InChI is InChI=1S/C13H12ClN3O2S/c14-12-4-1-8(20-12)7-16-13-9-5-6-15-10(9)2-3-11(13)17(18)19/h1-4,15-16H,5-7H2. The van der Waals surface area contributed by atoms with Crippen molar-refractivity contribution in [3.05, 3.63) is 49.2 Å². The molecule has 0 spiro atoms. The lowest BCUT2D eigenvalue weighted by atomic mass is 10.1. The molecule has 1 aliphatic heterocycles. The highest BCUT2D eigenvalue weighted by atomic mass is 35.5. The highest BCUT2D eigenvalue weighted by molar-refractivity contribution is 7.16. The summed E-state index contributed by atoms with van der Waals surface area (Å²) in [7, 11) is 0. The normalized spacial score (nSPS) is 12.8. The molecule has 1 aliphatic rings. The molecule has 1 aromatic carbocycles. The van der Waals surface area contributed by atoms with Crippen LogP contribution in [0.2, 0.25) is 4.34 Å². The van der Waals surface area contributed by atoms with Crippen LogP contribution < -0.4 is 10.6 Å². The number of hydrogen-bond donors (Lipinski definition) is 2. The van der Waals surface area contributed by atoms with Crippen molar-refractivity contribution in [2.75, 3.05) is 17.2 Å². The van der Waals surface area contributed by atoms with Gasteiger partial charge in [-0.1, -0.05) is 11.6 Å². The molecule has 1 aromatic heterocycles. The van der Waals surface area contributed by atoms with Gasteiger partial charge in [-0.25, -0.2) is 0 Å². The molecule has 7 heteroatoms. The fourth-order valence-electron chi connectivity index (χ4n) is 2.35. The number of thiophene rings is 1. The number of anilines is 2. The van der Waals surface area contributed by atoms with Crippen LogP contribution >= 0.6 is 22.9 Å². The minimum Gasteiger partial charge on any atom is -0.384 e. The summed E-state index contributed by atoms with van der Waals surface area (Å²) in [6, 6.07) is 7.07. The number of fused-ring (bicyclic) bond motifs is 1. The van der Waals surface area contributed by atoms with Crippen LogP contribution in [0.5, 0.6) is 0 Å². The number of nitrogens with zero attached hydrogens (tertiary/aromatic N) is 1. The SMILES string of the molecule is O=[N+]([O-])c1ccc2c(c1NCc1ccc(Cl)s1)CCN2. The van der Waals surface area contributed by atoms with E-state index in [4.69, 9.17) is 11.6 Å². The van der Waals surface area contributed by atoms with Crippen molar-refractivity contribution in [3.8, 4) is 0 Å². The van der Waals surface area contributed by atoms with Crippen LogP contribution in [0.25, 0.3) is 0 Å². The zero-order valence-corrected chi connectivity index (χ0v) is 12.1. The van der Waals surface area contributed by atoms with Gasteiger partial charge < -0.3 is 10.6 Å². The summed E-state index contributed by atoms with van der Waals surface area (Å²) < 4.78 is 0.719. The molecular formula is C13H12ClN3O2S. The van der Waals surface area contributed by atoms with Crippen LogP contribution in [0.4, 0.5) is 17.1 Å². The summed E-state index contributed by atoms with van der Waals surface area (Å²) in [4.78, 5) is 11.9. The van der Waals surface area contributed by atoms with Crippen molar-refractivity contribution in [3.63, 3.8) is 0 Å². The van der Waals surface area contributed by atoms with Crippen LogP contribution in [0.3, 0.4) is 0 Å². The van der Waals surface area contributed by atoms with Crippen molar-refractivity contribution in [1.82, 2.24) is 0 Å². The first-order chi connectivity index (χ1) is 9.65. The number of rotatable bonds is 4. The highest BCUT2D eigenvalue weighted by Crippen LogP contribution is 2.37. The molecule has 0 amide bonds. The monoisotopic (exact) mass is 309 g/mol. The van der Waals surface area contributed by atoms with Crippen molar-refractivity contribution in [1.29, 1.82) is 0 Å². The molecule has 2 heterocycles. The number of hydrogen-bond acceptors (Lipinski definition) is 5. The smallest absolute Gasteiger partial charge is 0.292 e. The molecule has 0 radical (unpaired) electrons. The Morgan fingerprint density at radius 2 is 2.25 bits per heavy atom. The molecule has 0 bridgehead atoms.